The van der Waals surface area contributed by atoms with E-state index < -0.39 is 0 Å². The molecule has 0 aliphatic carbocycles. The van der Waals surface area contributed by atoms with Gasteiger partial charge in [-0.2, -0.15) is 0 Å². The minimum absolute atomic E-state index is 0.0780. The van der Waals surface area contributed by atoms with Crippen LogP contribution in [0.15, 0.2) is 24.3 Å². The van der Waals surface area contributed by atoms with E-state index in [4.69, 9.17) is 4.74 Å². The van der Waals surface area contributed by atoms with Crippen molar-refractivity contribution in [3.63, 3.8) is 0 Å². The maximum Gasteiger partial charge on any atom is 0.179 e. The van der Waals surface area contributed by atoms with Crippen LogP contribution in [0.4, 0.5) is 0 Å². The van der Waals surface area contributed by atoms with Crippen LogP contribution >= 0.6 is 0 Å². The Hall–Kier alpha value is -1.19. The molecule has 3 nitrogen and oxygen atoms in total. The first-order valence-corrected chi connectivity index (χ1v) is 7.00. The number of aryl methyl sites for hydroxylation is 1. The van der Waals surface area contributed by atoms with Crippen molar-refractivity contribution in [3.8, 4) is 0 Å². The van der Waals surface area contributed by atoms with Crippen molar-refractivity contribution in [2.24, 2.45) is 0 Å². The van der Waals surface area contributed by atoms with Gasteiger partial charge in [0, 0.05) is 24.8 Å². The fourth-order valence-corrected chi connectivity index (χ4v) is 2.55. The van der Waals surface area contributed by atoms with Crippen molar-refractivity contribution in [3.05, 3.63) is 35.4 Å². The van der Waals surface area contributed by atoms with Crippen molar-refractivity contribution in [2.45, 2.75) is 38.8 Å². The van der Waals surface area contributed by atoms with E-state index in [-0.39, 0.29) is 11.8 Å². The quantitative estimate of drug-likeness (QED) is 0.780. The van der Waals surface area contributed by atoms with Crippen LogP contribution in [-0.4, -0.2) is 43.0 Å². The third kappa shape index (κ3) is 3.43. The second kappa shape index (κ2) is 6.31. The van der Waals surface area contributed by atoms with Crippen LogP contribution < -0.4 is 0 Å². The maximum absolute atomic E-state index is 12.5. The summed E-state index contributed by atoms with van der Waals surface area (Å²) in [4.78, 5) is 14.7. The number of nitrogens with zero attached hydrogens (tertiary/aromatic N) is 1. The molecule has 3 heteroatoms. The molecule has 0 radical (unpaired) electrons. The zero-order valence-electron chi connectivity index (χ0n) is 12.1. The smallest absolute Gasteiger partial charge is 0.179 e. The number of rotatable bonds is 4. The third-order valence-corrected chi connectivity index (χ3v) is 4.09. The molecule has 0 N–H and O–H groups in total. The number of ether oxygens (including phenoxy) is 1. The summed E-state index contributed by atoms with van der Waals surface area (Å²) in [5.41, 5.74) is 1.99. The number of Topliss-reactive ketones (excluding diaryl/α,β-unsaturated/α-hetero) is 1. The van der Waals surface area contributed by atoms with Crippen molar-refractivity contribution >= 4 is 5.78 Å². The Bertz CT molecular complexity index is 421. The molecule has 0 bridgehead atoms. The first-order chi connectivity index (χ1) is 9.09. The summed E-state index contributed by atoms with van der Waals surface area (Å²) >= 11 is 0. The van der Waals surface area contributed by atoms with Crippen LogP contribution in [0.25, 0.3) is 0 Å². The highest BCUT2D eigenvalue weighted by atomic mass is 16.5. The second-order valence-electron chi connectivity index (χ2n) is 5.42. The highest BCUT2D eigenvalue weighted by Gasteiger charge is 2.26. The average Bonchev–Trinajstić information content (AvgIpc) is 2.46. The number of likely N-dealkylation sites (N-methyl/N-ethyl adjacent to an activating group) is 1. The van der Waals surface area contributed by atoms with Gasteiger partial charge in [0.15, 0.2) is 5.78 Å². The molecule has 1 heterocycles. The number of hydrogen-bond acceptors (Lipinski definition) is 3. The zero-order chi connectivity index (χ0) is 13.8. The van der Waals surface area contributed by atoms with Crippen molar-refractivity contribution in [2.75, 3.05) is 20.3 Å². The molecule has 0 saturated carbocycles. The summed E-state index contributed by atoms with van der Waals surface area (Å²) in [6.45, 7) is 5.64. The summed E-state index contributed by atoms with van der Waals surface area (Å²) in [6.07, 6.45) is 2.03. The molecule has 2 rings (SSSR count). The minimum Gasteiger partial charge on any atom is -0.381 e. The summed E-state index contributed by atoms with van der Waals surface area (Å²) in [6, 6.07) is 8.21. The third-order valence-electron chi connectivity index (χ3n) is 4.09. The van der Waals surface area contributed by atoms with Gasteiger partial charge in [-0.1, -0.05) is 29.8 Å². The molecule has 1 saturated heterocycles. The molecular weight excluding hydrogens is 238 g/mol. The number of carbonyl (C=O) groups is 1. The van der Waals surface area contributed by atoms with Gasteiger partial charge in [0.05, 0.1) is 6.04 Å². The van der Waals surface area contributed by atoms with Gasteiger partial charge in [-0.15, -0.1) is 0 Å². The first-order valence-electron chi connectivity index (χ1n) is 7.00. The molecular formula is C16H23NO2. The van der Waals surface area contributed by atoms with Gasteiger partial charge in [0.2, 0.25) is 0 Å². The molecule has 0 spiro atoms. The Morgan fingerprint density at radius 2 is 1.84 bits per heavy atom. The number of benzene rings is 1. The fourth-order valence-electron chi connectivity index (χ4n) is 2.55. The number of carbonyl (C=O) groups excluding carboxylic acids is 1. The number of ketones is 1. The van der Waals surface area contributed by atoms with Crippen molar-refractivity contribution in [1.82, 2.24) is 4.90 Å². The van der Waals surface area contributed by atoms with Gasteiger partial charge in [-0.3, -0.25) is 9.69 Å². The van der Waals surface area contributed by atoms with Gasteiger partial charge in [0.1, 0.15) is 0 Å². The summed E-state index contributed by atoms with van der Waals surface area (Å²) < 4.78 is 5.38. The van der Waals surface area contributed by atoms with E-state index in [0.717, 1.165) is 31.6 Å². The lowest BCUT2D eigenvalue weighted by molar-refractivity contribution is 0.0301. The molecule has 104 valence electrons. The van der Waals surface area contributed by atoms with Crippen LogP contribution in [0, 0.1) is 6.92 Å². The monoisotopic (exact) mass is 261 g/mol. The van der Waals surface area contributed by atoms with E-state index in [1.165, 1.54) is 5.56 Å². The molecule has 0 amide bonds. The highest BCUT2D eigenvalue weighted by Crippen LogP contribution is 2.18. The van der Waals surface area contributed by atoms with E-state index in [1.807, 2.05) is 45.2 Å². The molecule has 1 fully saturated rings. The highest BCUT2D eigenvalue weighted by molar-refractivity contribution is 5.99. The summed E-state index contributed by atoms with van der Waals surface area (Å²) in [5, 5.41) is 0. The maximum atomic E-state index is 12.5. The summed E-state index contributed by atoms with van der Waals surface area (Å²) in [5.74, 6) is 0.203. The fraction of sp³-hybridized carbons (Fsp3) is 0.562. The molecule has 19 heavy (non-hydrogen) atoms. The van der Waals surface area contributed by atoms with Crippen LogP contribution in [0.5, 0.6) is 0 Å². The van der Waals surface area contributed by atoms with Gasteiger partial charge >= 0.3 is 0 Å². The molecule has 1 aromatic rings. The molecule has 1 unspecified atom stereocenters. The van der Waals surface area contributed by atoms with E-state index in [1.54, 1.807) is 0 Å². The van der Waals surface area contributed by atoms with Crippen LogP contribution in [0.3, 0.4) is 0 Å². The Morgan fingerprint density at radius 1 is 1.26 bits per heavy atom. The lowest BCUT2D eigenvalue weighted by atomic mass is 10.00. The molecule has 0 aromatic heterocycles. The Labute approximate surface area is 115 Å². The van der Waals surface area contributed by atoms with Crippen LogP contribution in [-0.2, 0) is 4.74 Å². The van der Waals surface area contributed by atoms with Gasteiger partial charge in [0.25, 0.3) is 0 Å². The first kappa shape index (κ1) is 14.2. The van der Waals surface area contributed by atoms with Crippen LogP contribution in [0.2, 0.25) is 0 Å². The van der Waals surface area contributed by atoms with E-state index in [2.05, 4.69) is 4.90 Å². The molecule has 1 aliphatic rings. The van der Waals surface area contributed by atoms with Crippen molar-refractivity contribution < 1.29 is 9.53 Å². The van der Waals surface area contributed by atoms with Gasteiger partial charge < -0.3 is 4.74 Å². The topological polar surface area (TPSA) is 29.5 Å². The van der Waals surface area contributed by atoms with Gasteiger partial charge in [-0.25, -0.2) is 0 Å². The average molecular weight is 261 g/mol. The van der Waals surface area contributed by atoms with Crippen molar-refractivity contribution in [1.29, 1.82) is 0 Å². The SMILES string of the molecule is Cc1ccc(C(=O)C(C)N(C)C2CCOCC2)cc1. The molecule has 1 atom stereocenters. The molecule has 1 aromatic carbocycles. The zero-order valence-corrected chi connectivity index (χ0v) is 12.1. The van der Waals surface area contributed by atoms with Crippen LogP contribution in [0.1, 0.15) is 35.7 Å². The Kier molecular flexibility index (Phi) is 4.72. The lowest BCUT2D eigenvalue weighted by Gasteiger charge is -2.34. The van der Waals surface area contributed by atoms with E-state index in [9.17, 15) is 4.79 Å². The van der Waals surface area contributed by atoms with E-state index in [0.29, 0.717) is 6.04 Å². The van der Waals surface area contributed by atoms with Gasteiger partial charge in [-0.05, 0) is 33.7 Å². The largest absolute Gasteiger partial charge is 0.381 e. The predicted octanol–water partition coefficient (Wildman–Crippen LogP) is 2.68. The Balaban J connectivity index is 2.03. The summed E-state index contributed by atoms with van der Waals surface area (Å²) in [7, 11) is 2.05. The Morgan fingerprint density at radius 3 is 2.42 bits per heavy atom. The van der Waals surface area contributed by atoms with E-state index >= 15 is 0 Å². The lowest BCUT2D eigenvalue weighted by Crippen LogP contribution is -2.45. The second-order valence-corrected chi connectivity index (χ2v) is 5.42. The number of hydrogen-bond donors (Lipinski definition) is 0. The molecule has 1 aliphatic heterocycles. The predicted molar refractivity (Wildman–Crippen MR) is 76.6 cm³/mol. The normalized spacial score (nSPS) is 18.5. The standard InChI is InChI=1S/C16H23NO2/c1-12-4-6-14(7-5-12)16(18)13(2)17(3)15-8-10-19-11-9-15/h4-7,13,15H,8-11H2,1-3H3. The minimum atomic E-state index is -0.0780.